The fraction of sp³-hybridized carbons (Fsp3) is 0.375. The molecule has 0 saturated carbocycles. The Hall–Kier alpha value is -0.670. The Morgan fingerprint density at radius 3 is 3.15 bits per heavy atom. The number of fused-ring (bicyclic) bond motifs is 1. The number of ether oxygens (including phenoxy) is 1. The van der Waals surface area contributed by atoms with Crippen molar-refractivity contribution in [3.63, 3.8) is 0 Å². The molecule has 13 heavy (non-hydrogen) atoms. The molecule has 3 nitrogen and oxygen atoms in total. The van der Waals surface area contributed by atoms with Crippen LogP contribution in [0.15, 0.2) is 23.6 Å². The standard InChI is InChI=1S/C8H7Cl2NO2/c9-4-8-11(10)6-2-1-5(12)3-7(6)13-8/h2-3,8H,1,4H2. The number of carbonyl (C=O) groups is 1. The molecule has 0 aromatic carbocycles. The monoisotopic (exact) mass is 219 g/mol. The normalized spacial score (nSPS) is 26.5. The number of allylic oxidation sites excluding steroid dienone is 2. The second-order valence-corrected chi connectivity index (χ2v) is 3.48. The first-order valence-corrected chi connectivity index (χ1v) is 4.72. The topological polar surface area (TPSA) is 29.5 Å². The van der Waals surface area contributed by atoms with Gasteiger partial charge in [0.15, 0.2) is 12.0 Å². The van der Waals surface area contributed by atoms with Crippen LogP contribution >= 0.6 is 23.4 Å². The highest BCUT2D eigenvalue weighted by atomic mass is 35.5. The first-order valence-electron chi connectivity index (χ1n) is 3.85. The van der Waals surface area contributed by atoms with Gasteiger partial charge in [-0.1, -0.05) is 0 Å². The number of nitrogens with zero attached hydrogens (tertiary/aromatic N) is 1. The van der Waals surface area contributed by atoms with Gasteiger partial charge < -0.3 is 4.74 Å². The van der Waals surface area contributed by atoms with Crippen LogP contribution in [-0.4, -0.2) is 22.3 Å². The van der Waals surface area contributed by atoms with Crippen LogP contribution in [0.4, 0.5) is 0 Å². The van der Waals surface area contributed by atoms with E-state index in [9.17, 15) is 4.79 Å². The summed E-state index contributed by atoms with van der Waals surface area (Å²) >= 11 is 11.5. The highest BCUT2D eigenvalue weighted by Crippen LogP contribution is 2.34. The second-order valence-electron chi connectivity index (χ2n) is 2.81. The Morgan fingerprint density at radius 2 is 2.46 bits per heavy atom. The van der Waals surface area contributed by atoms with Crippen LogP contribution in [0.1, 0.15) is 6.42 Å². The second kappa shape index (κ2) is 3.24. The minimum atomic E-state index is -0.369. The van der Waals surface area contributed by atoms with Gasteiger partial charge in [-0.25, -0.2) is 4.42 Å². The molecule has 2 aliphatic rings. The van der Waals surface area contributed by atoms with Crippen molar-refractivity contribution in [3.8, 4) is 0 Å². The van der Waals surface area contributed by atoms with E-state index < -0.39 is 0 Å². The largest absolute Gasteiger partial charge is 0.466 e. The minimum Gasteiger partial charge on any atom is -0.466 e. The summed E-state index contributed by atoms with van der Waals surface area (Å²) in [5.41, 5.74) is 0.743. The molecule has 1 aliphatic heterocycles. The molecule has 0 aromatic heterocycles. The Balaban J connectivity index is 2.29. The highest BCUT2D eigenvalue weighted by molar-refractivity contribution is 6.20. The SMILES string of the molecule is O=C1C=C2OC(CCl)N(Cl)C2=CC1. The minimum absolute atomic E-state index is 0.0269. The van der Waals surface area contributed by atoms with E-state index in [1.165, 1.54) is 10.5 Å². The maximum atomic E-state index is 11.0. The van der Waals surface area contributed by atoms with E-state index in [0.717, 1.165) is 5.70 Å². The van der Waals surface area contributed by atoms with Gasteiger partial charge in [0.05, 0.1) is 11.6 Å². The molecule has 0 spiro atoms. The predicted octanol–water partition coefficient (Wildman–Crippen LogP) is 1.78. The zero-order valence-electron chi connectivity index (χ0n) is 6.67. The van der Waals surface area contributed by atoms with Gasteiger partial charge in [-0.2, -0.15) is 0 Å². The molecule has 0 aromatic rings. The molecule has 70 valence electrons. The van der Waals surface area contributed by atoms with Crippen molar-refractivity contribution >= 4 is 29.2 Å². The van der Waals surface area contributed by atoms with Crippen molar-refractivity contribution in [2.24, 2.45) is 0 Å². The summed E-state index contributed by atoms with van der Waals surface area (Å²) in [6.45, 7) is 0. The zero-order chi connectivity index (χ0) is 9.42. The molecule has 1 atom stereocenters. The summed E-state index contributed by atoms with van der Waals surface area (Å²) in [6, 6.07) is 0. The van der Waals surface area contributed by atoms with Gasteiger partial charge in [-0.05, 0) is 6.08 Å². The molecule has 0 N–H and O–H groups in total. The van der Waals surface area contributed by atoms with Crippen LogP contribution in [0.3, 0.4) is 0 Å². The molecule has 0 radical (unpaired) electrons. The van der Waals surface area contributed by atoms with Crippen molar-refractivity contribution in [2.45, 2.75) is 12.6 Å². The predicted molar refractivity (Wildman–Crippen MR) is 49.1 cm³/mol. The average molecular weight is 220 g/mol. The summed E-state index contributed by atoms with van der Waals surface area (Å²) in [7, 11) is 0. The van der Waals surface area contributed by atoms with Gasteiger partial charge in [-0.3, -0.25) is 4.79 Å². The Morgan fingerprint density at radius 1 is 1.69 bits per heavy atom. The van der Waals surface area contributed by atoms with Gasteiger partial charge >= 0.3 is 0 Å². The van der Waals surface area contributed by atoms with Crippen LogP contribution in [0, 0.1) is 0 Å². The number of carbonyl (C=O) groups excluding carboxylic acids is 1. The van der Waals surface area contributed by atoms with Crippen LogP contribution in [0.5, 0.6) is 0 Å². The maximum Gasteiger partial charge on any atom is 0.200 e. The third-order valence-corrected chi connectivity index (χ3v) is 2.58. The Bertz CT molecular complexity index is 311. The zero-order valence-corrected chi connectivity index (χ0v) is 8.18. The Kier molecular flexibility index (Phi) is 2.22. The number of hydrogen-bond acceptors (Lipinski definition) is 3. The maximum absolute atomic E-state index is 11.0. The quantitative estimate of drug-likeness (QED) is 0.498. The Labute approximate surface area is 85.7 Å². The van der Waals surface area contributed by atoms with Crippen LogP contribution in [0.2, 0.25) is 0 Å². The van der Waals surface area contributed by atoms with Gasteiger partial charge in [-0.15, -0.1) is 11.6 Å². The molecule has 0 bridgehead atoms. The third-order valence-electron chi connectivity index (χ3n) is 1.92. The highest BCUT2D eigenvalue weighted by Gasteiger charge is 2.34. The van der Waals surface area contributed by atoms with Crippen molar-refractivity contribution in [1.29, 1.82) is 0 Å². The van der Waals surface area contributed by atoms with E-state index in [1.54, 1.807) is 6.08 Å². The van der Waals surface area contributed by atoms with E-state index in [-0.39, 0.29) is 17.9 Å². The van der Waals surface area contributed by atoms with Gasteiger partial charge in [0.1, 0.15) is 5.76 Å². The lowest BCUT2D eigenvalue weighted by molar-refractivity contribution is -0.114. The third kappa shape index (κ3) is 1.42. The summed E-state index contributed by atoms with van der Waals surface area (Å²) in [4.78, 5) is 11.0. The van der Waals surface area contributed by atoms with E-state index in [1.807, 2.05) is 0 Å². The molecule has 1 unspecified atom stereocenters. The number of ketones is 1. The van der Waals surface area contributed by atoms with Crippen molar-refractivity contribution in [1.82, 2.24) is 4.42 Å². The summed E-state index contributed by atoms with van der Waals surface area (Å²) in [5.74, 6) is 0.822. The van der Waals surface area contributed by atoms with Crippen LogP contribution < -0.4 is 0 Å². The van der Waals surface area contributed by atoms with E-state index in [0.29, 0.717) is 12.2 Å². The van der Waals surface area contributed by atoms with Crippen LogP contribution in [-0.2, 0) is 9.53 Å². The molecule has 1 fully saturated rings. The van der Waals surface area contributed by atoms with Gasteiger partial charge in [0.25, 0.3) is 0 Å². The number of alkyl halides is 1. The molecular formula is C8H7Cl2NO2. The van der Waals surface area contributed by atoms with Crippen molar-refractivity contribution in [2.75, 3.05) is 5.88 Å². The van der Waals surface area contributed by atoms with E-state index >= 15 is 0 Å². The first-order chi connectivity index (χ1) is 6.22. The fourth-order valence-electron chi connectivity index (χ4n) is 1.30. The molecule has 1 aliphatic carbocycles. The molecule has 5 heteroatoms. The number of halogens is 2. The molecule has 1 heterocycles. The summed E-state index contributed by atoms with van der Waals surface area (Å²) in [5, 5.41) is 0. The van der Waals surface area contributed by atoms with Crippen LogP contribution in [0.25, 0.3) is 0 Å². The molecular weight excluding hydrogens is 213 g/mol. The van der Waals surface area contributed by atoms with Crippen molar-refractivity contribution < 1.29 is 9.53 Å². The lowest BCUT2D eigenvalue weighted by Crippen LogP contribution is -2.21. The first kappa shape index (κ1) is 8.91. The molecule has 0 amide bonds. The molecule has 1 saturated heterocycles. The fourth-order valence-corrected chi connectivity index (χ4v) is 1.84. The van der Waals surface area contributed by atoms with E-state index in [4.69, 9.17) is 28.1 Å². The summed E-state index contributed by atoms with van der Waals surface area (Å²) in [6.07, 6.45) is 3.21. The van der Waals surface area contributed by atoms with Gasteiger partial charge in [0, 0.05) is 24.3 Å². The summed E-state index contributed by atoms with van der Waals surface area (Å²) < 4.78 is 6.75. The molecule has 2 rings (SSSR count). The lowest BCUT2D eigenvalue weighted by Gasteiger charge is -2.13. The van der Waals surface area contributed by atoms with Gasteiger partial charge in [0.2, 0.25) is 0 Å². The smallest absolute Gasteiger partial charge is 0.200 e. The number of hydrogen-bond donors (Lipinski definition) is 0. The van der Waals surface area contributed by atoms with E-state index in [2.05, 4.69) is 0 Å². The lowest BCUT2D eigenvalue weighted by atomic mass is 10.1. The number of rotatable bonds is 1. The average Bonchev–Trinajstić information content (AvgIpc) is 2.42. The van der Waals surface area contributed by atoms with Crippen molar-refractivity contribution in [3.05, 3.63) is 23.6 Å².